The summed E-state index contributed by atoms with van der Waals surface area (Å²) < 4.78 is 0. The van der Waals surface area contributed by atoms with Crippen molar-refractivity contribution in [3.05, 3.63) is 55.8 Å². The summed E-state index contributed by atoms with van der Waals surface area (Å²) in [4.78, 5) is 28.1. The molecule has 0 aliphatic carbocycles. The number of ketones is 1. The van der Waals surface area contributed by atoms with E-state index in [-0.39, 0.29) is 23.5 Å². The molecule has 2 aromatic rings. The number of nitro benzene ring substituents is 1. The Balaban J connectivity index is 2.11. The van der Waals surface area contributed by atoms with Crippen molar-refractivity contribution >= 4 is 29.0 Å². The van der Waals surface area contributed by atoms with E-state index in [2.05, 4.69) is 4.99 Å². The van der Waals surface area contributed by atoms with Gasteiger partial charge in [0.05, 0.1) is 10.5 Å². The average molecular weight is 304 g/mol. The van der Waals surface area contributed by atoms with Crippen molar-refractivity contribution in [3.63, 3.8) is 0 Å². The zero-order chi connectivity index (χ0) is 15.4. The lowest BCUT2D eigenvalue weighted by atomic mass is 10.1. The number of carbonyl (C=O) groups is 1. The topological polar surface area (TPSA) is 92.8 Å². The van der Waals surface area contributed by atoms with Crippen LogP contribution in [0.4, 0.5) is 5.69 Å². The first kappa shape index (κ1) is 14.9. The number of nitrogens with zero attached hydrogens (tertiary/aromatic N) is 2. The number of thiophene rings is 1. The number of hydrogen-bond donors (Lipinski definition) is 1. The lowest BCUT2D eigenvalue weighted by Gasteiger charge is -2.01. The highest BCUT2D eigenvalue weighted by molar-refractivity contribution is 7.13. The van der Waals surface area contributed by atoms with Crippen LogP contribution in [-0.2, 0) is 0 Å². The number of carbonyl (C=O) groups excluding carboxylic acids is 1. The molecule has 0 saturated carbocycles. The Bertz CT molecular complexity index is 722. The quantitative estimate of drug-likeness (QED) is 0.398. The first-order valence-corrected chi connectivity index (χ1v) is 6.86. The molecule has 0 aliphatic heterocycles. The third kappa shape index (κ3) is 3.73. The van der Waals surface area contributed by atoms with Gasteiger partial charge in [-0.25, -0.2) is 0 Å². The van der Waals surface area contributed by atoms with E-state index in [1.54, 1.807) is 17.6 Å². The minimum Gasteiger partial charge on any atom is -0.507 e. The Labute approximate surface area is 124 Å². The fourth-order valence-corrected chi connectivity index (χ4v) is 2.46. The van der Waals surface area contributed by atoms with Crippen LogP contribution in [0.15, 0.2) is 35.3 Å². The largest absolute Gasteiger partial charge is 0.507 e. The zero-order valence-electron chi connectivity index (χ0n) is 11.1. The second-order valence-corrected chi connectivity index (χ2v) is 5.62. The van der Waals surface area contributed by atoms with Crippen LogP contribution in [0.5, 0.6) is 5.75 Å². The highest BCUT2D eigenvalue weighted by atomic mass is 32.1. The predicted octanol–water partition coefficient (Wildman–Crippen LogP) is 2.97. The van der Waals surface area contributed by atoms with Crippen molar-refractivity contribution in [3.8, 4) is 5.75 Å². The third-order valence-corrected chi connectivity index (χ3v) is 3.64. The van der Waals surface area contributed by atoms with Crippen LogP contribution in [-0.4, -0.2) is 28.6 Å². The standard InChI is InChI=1S/C14H12N2O4S/c1-9-2-4-11(21-9)7-15-8-14(18)12-6-10(16(19)20)3-5-13(12)17/h2-7,17H,8H2,1H3. The van der Waals surface area contributed by atoms with Crippen molar-refractivity contribution < 1.29 is 14.8 Å². The maximum atomic E-state index is 11.9. The number of benzene rings is 1. The van der Waals surface area contributed by atoms with Crippen LogP contribution < -0.4 is 0 Å². The minimum absolute atomic E-state index is 0.0938. The first-order valence-electron chi connectivity index (χ1n) is 6.04. The van der Waals surface area contributed by atoms with Gasteiger partial charge in [0.1, 0.15) is 12.3 Å². The maximum Gasteiger partial charge on any atom is 0.270 e. The molecule has 7 heteroatoms. The number of nitro groups is 1. The fraction of sp³-hybridized carbons (Fsp3) is 0.143. The van der Waals surface area contributed by atoms with E-state index < -0.39 is 10.7 Å². The number of aromatic hydroxyl groups is 1. The fourth-order valence-electron chi connectivity index (χ4n) is 1.69. The summed E-state index contributed by atoms with van der Waals surface area (Å²) in [5.41, 5.74) is -0.335. The normalized spacial score (nSPS) is 10.9. The maximum absolute atomic E-state index is 11.9. The number of Topliss-reactive ketones (excluding diaryl/α,β-unsaturated/α-hetero) is 1. The molecule has 2 rings (SSSR count). The molecule has 1 N–H and O–H groups in total. The molecule has 0 aliphatic rings. The van der Waals surface area contributed by atoms with Crippen LogP contribution in [0.1, 0.15) is 20.1 Å². The monoisotopic (exact) mass is 304 g/mol. The molecule has 1 heterocycles. The van der Waals surface area contributed by atoms with E-state index in [1.807, 2.05) is 19.1 Å². The van der Waals surface area contributed by atoms with Gasteiger partial charge < -0.3 is 5.11 Å². The van der Waals surface area contributed by atoms with Crippen molar-refractivity contribution in [1.29, 1.82) is 0 Å². The molecule has 21 heavy (non-hydrogen) atoms. The summed E-state index contributed by atoms with van der Waals surface area (Å²) in [5, 5.41) is 20.3. The minimum atomic E-state index is -0.617. The second-order valence-electron chi connectivity index (χ2n) is 4.30. The molecular formula is C14H12N2O4S. The van der Waals surface area contributed by atoms with Crippen LogP contribution in [0.2, 0.25) is 0 Å². The smallest absolute Gasteiger partial charge is 0.270 e. The third-order valence-electron chi connectivity index (χ3n) is 2.71. The van der Waals surface area contributed by atoms with E-state index in [4.69, 9.17) is 0 Å². The van der Waals surface area contributed by atoms with Gasteiger partial charge >= 0.3 is 0 Å². The zero-order valence-corrected chi connectivity index (χ0v) is 12.0. The molecule has 1 aromatic heterocycles. The van der Waals surface area contributed by atoms with Gasteiger partial charge in [0, 0.05) is 28.1 Å². The van der Waals surface area contributed by atoms with Crippen molar-refractivity contribution in [1.82, 2.24) is 0 Å². The molecule has 108 valence electrons. The van der Waals surface area contributed by atoms with Gasteiger partial charge in [0.2, 0.25) is 0 Å². The number of rotatable bonds is 5. The highest BCUT2D eigenvalue weighted by Gasteiger charge is 2.15. The molecule has 0 atom stereocenters. The van der Waals surface area contributed by atoms with Gasteiger partial charge in [0.15, 0.2) is 5.78 Å². The molecule has 0 amide bonds. The summed E-state index contributed by atoms with van der Waals surface area (Å²) >= 11 is 1.55. The van der Waals surface area contributed by atoms with Gasteiger partial charge in [-0.05, 0) is 25.1 Å². The molecular weight excluding hydrogens is 292 g/mol. The Kier molecular flexibility index (Phi) is 4.44. The van der Waals surface area contributed by atoms with Crippen LogP contribution in [0.3, 0.4) is 0 Å². The Morgan fingerprint density at radius 1 is 1.43 bits per heavy atom. The highest BCUT2D eigenvalue weighted by Crippen LogP contribution is 2.23. The van der Waals surface area contributed by atoms with E-state index in [0.717, 1.165) is 28.0 Å². The van der Waals surface area contributed by atoms with Gasteiger partial charge in [-0.2, -0.15) is 0 Å². The Morgan fingerprint density at radius 3 is 2.81 bits per heavy atom. The Hall–Kier alpha value is -2.54. The number of phenols is 1. The van der Waals surface area contributed by atoms with Crippen LogP contribution >= 0.6 is 11.3 Å². The van der Waals surface area contributed by atoms with Gasteiger partial charge in [-0.3, -0.25) is 19.9 Å². The molecule has 0 saturated heterocycles. The summed E-state index contributed by atoms with van der Waals surface area (Å²) in [6.07, 6.45) is 1.57. The van der Waals surface area contributed by atoms with Crippen molar-refractivity contribution in [2.24, 2.45) is 4.99 Å². The summed E-state index contributed by atoms with van der Waals surface area (Å²) in [7, 11) is 0. The average Bonchev–Trinajstić information content (AvgIpc) is 2.84. The molecule has 6 nitrogen and oxygen atoms in total. The van der Waals surface area contributed by atoms with Crippen LogP contribution in [0.25, 0.3) is 0 Å². The molecule has 0 spiro atoms. The van der Waals surface area contributed by atoms with Gasteiger partial charge in [-0.1, -0.05) is 0 Å². The lowest BCUT2D eigenvalue weighted by Crippen LogP contribution is -2.05. The summed E-state index contributed by atoms with van der Waals surface area (Å²) in [6.45, 7) is 1.79. The number of aryl methyl sites for hydroxylation is 1. The molecule has 0 fully saturated rings. The summed E-state index contributed by atoms with van der Waals surface area (Å²) in [5.74, 6) is -0.756. The second kappa shape index (κ2) is 6.27. The molecule has 0 radical (unpaired) electrons. The summed E-state index contributed by atoms with van der Waals surface area (Å²) in [6, 6.07) is 7.17. The number of hydrogen-bond acceptors (Lipinski definition) is 6. The Morgan fingerprint density at radius 2 is 2.19 bits per heavy atom. The first-order chi connectivity index (χ1) is 9.97. The SMILES string of the molecule is Cc1ccc(C=NCC(=O)c2cc([N+](=O)[O-])ccc2O)s1. The molecule has 0 bridgehead atoms. The van der Waals surface area contributed by atoms with E-state index in [1.165, 1.54) is 0 Å². The van der Waals surface area contributed by atoms with Crippen LogP contribution in [0, 0.1) is 17.0 Å². The number of phenolic OH excluding ortho intramolecular Hbond substituents is 1. The van der Waals surface area contributed by atoms with E-state index in [9.17, 15) is 20.0 Å². The molecule has 0 unspecified atom stereocenters. The number of aliphatic imine (C=N–C) groups is 1. The van der Waals surface area contributed by atoms with E-state index in [0.29, 0.717) is 0 Å². The van der Waals surface area contributed by atoms with Crippen molar-refractivity contribution in [2.75, 3.05) is 6.54 Å². The van der Waals surface area contributed by atoms with Gasteiger partial charge in [0.25, 0.3) is 5.69 Å². The number of non-ortho nitro benzene ring substituents is 1. The van der Waals surface area contributed by atoms with E-state index >= 15 is 0 Å². The molecule has 1 aromatic carbocycles. The van der Waals surface area contributed by atoms with Gasteiger partial charge in [-0.15, -0.1) is 11.3 Å². The lowest BCUT2D eigenvalue weighted by molar-refractivity contribution is -0.384. The van der Waals surface area contributed by atoms with Crippen molar-refractivity contribution in [2.45, 2.75) is 6.92 Å². The predicted molar refractivity (Wildman–Crippen MR) is 80.6 cm³/mol.